The molecule has 138 valence electrons. The molecule has 4 aromatic carbocycles. The average Bonchev–Trinajstić information content (AvgIpc) is 3.38. The molecule has 0 aliphatic carbocycles. The van der Waals surface area contributed by atoms with E-state index in [0.717, 1.165) is 11.2 Å². The number of furan rings is 1. The monoisotopic (exact) mass is 486 g/mol. The van der Waals surface area contributed by atoms with Gasteiger partial charge in [-0.25, -0.2) is 0 Å². The number of aryl methyl sites for hydroxylation is 1. The largest absolute Gasteiger partial charge is 0.455 e. The molecule has 0 aliphatic rings. The first-order valence-corrected chi connectivity index (χ1v) is 10.6. The molecule has 4 heteroatoms. The zero-order valence-corrected chi connectivity index (χ0v) is 17.8. The highest BCUT2D eigenvalue weighted by Gasteiger charge is 2.24. The van der Waals surface area contributed by atoms with Gasteiger partial charge in [0.15, 0.2) is 0 Å². The highest BCUT2D eigenvalue weighted by molar-refractivity contribution is 14.1. The Hall–Kier alpha value is -2.99. The minimum absolute atomic E-state index is 0.936. The number of halogens is 1. The van der Waals surface area contributed by atoms with Gasteiger partial charge in [0.2, 0.25) is 0 Å². The molecule has 7 aromatic rings. The van der Waals surface area contributed by atoms with Crippen molar-refractivity contribution in [3.05, 3.63) is 72.8 Å². The van der Waals surface area contributed by atoms with Crippen molar-refractivity contribution in [3.63, 3.8) is 0 Å². The van der Waals surface area contributed by atoms with Crippen molar-refractivity contribution >= 4 is 88.4 Å². The molecule has 0 atom stereocenters. The van der Waals surface area contributed by atoms with Crippen LogP contribution in [0.2, 0.25) is 0 Å². The van der Waals surface area contributed by atoms with Gasteiger partial charge < -0.3 is 8.98 Å². The van der Waals surface area contributed by atoms with Crippen LogP contribution >= 0.6 is 22.9 Å². The Morgan fingerprint density at radius 2 is 1.24 bits per heavy atom. The summed E-state index contributed by atoms with van der Waals surface area (Å²) in [6.45, 7) is 0. The Kier molecular flexibility index (Phi) is 2.92. The number of fused-ring (bicyclic) bond motifs is 12. The predicted octanol–water partition coefficient (Wildman–Crippen LogP) is 7.54. The zero-order chi connectivity index (χ0) is 19.3. The Labute approximate surface area is 179 Å². The molecule has 0 amide bonds. The normalized spacial score (nSPS) is 12.5. The fourth-order valence-electron chi connectivity index (χ4n) is 5.04. The van der Waals surface area contributed by atoms with E-state index in [1.54, 1.807) is 0 Å². The molecular formula is C25H15IN2O. The first-order chi connectivity index (χ1) is 14.3. The van der Waals surface area contributed by atoms with Crippen LogP contribution in [0.25, 0.3) is 65.6 Å². The summed E-state index contributed by atoms with van der Waals surface area (Å²) in [4.78, 5) is 0. The van der Waals surface area contributed by atoms with Gasteiger partial charge in [-0.2, -0.15) is 0 Å². The second-order valence-corrected chi connectivity index (χ2v) is 8.59. The smallest absolute Gasteiger partial charge is 0.147 e. The van der Waals surface area contributed by atoms with Crippen LogP contribution in [0, 0.1) is 0 Å². The number of benzene rings is 4. The van der Waals surface area contributed by atoms with Crippen LogP contribution in [-0.4, -0.2) is 7.35 Å². The van der Waals surface area contributed by atoms with Crippen molar-refractivity contribution in [3.8, 4) is 0 Å². The van der Waals surface area contributed by atoms with Gasteiger partial charge in [-0.3, -0.25) is 2.78 Å². The van der Waals surface area contributed by atoms with Gasteiger partial charge in [0.05, 0.1) is 50.2 Å². The molecule has 7 rings (SSSR count). The molecule has 0 bridgehead atoms. The fourth-order valence-corrected chi connectivity index (χ4v) is 5.94. The van der Waals surface area contributed by atoms with Gasteiger partial charge in [-0.15, -0.1) is 0 Å². The number of aromatic nitrogens is 2. The second kappa shape index (κ2) is 5.33. The van der Waals surface area contributed by atoms with Crippen LogP contribution in [-0.2, 0) is 7.05 Å². The summed E-state index contributed by atoms with van der Waals surface area (Å²) in [6, 6.07) is 25.7. The lowest BCUT2D eigenvalue weighted by Gasteiger charge is -2.03. The van der Waals surface area contributed by atoms with Crippen LogP contribution in [0.1, 0.15) is 0 Å². The van der Waals surface area contributed by atoms with Gasteiger partial charge in [-0.1, -0.05) is 54.6 Å². The van der Waals surface area contributed by atoms with Gasteiger partial charge in [-0.05, 0) is 18.2 Å². The van der Waals surface area contributed by atoms with Gasteiger partial charge in [0.25, 0.3) is 0 Å². The molecule has 0 aliphatic heterocycles. The number of para-hydroxylation sites is 3. The van der Waals surface area contributed by atoms with Crippen LogP contribution < -0.4 is 0 Å². The van der Waals surface area contributed by atoms with E-state index < -0.39 is 0 Å². The fraction of sp³-hybridized carbons (Fsp3) is 0.0400. The number of hydrogen-bond donors (Lipinski definition) is 0. The van der Waals surface area contributed by atoms with Crippen LogP contribution in [0.4, 0.5) is 0 Å². The van der Waals surface area contributed by atoms with Gasteiger partial charge in [0, 0.05) is 34.1 Å². The van der Waals surface area contributed by atoms with Crippen molar-refractivity contribution in [1.29, 1.82) is 0 Å². The predicted molar refractivity (Wildman–Crippen MR) is 130 cm³/mol. The molecule has 0 fully saturated rings. The molecule has 0 saturated carbocycles. The highest BCUT2D eigenvalue weighted by Crippen LogP contribution is 2.47. The summed E-state index contributed by atoms with van der Waals surface area (Å²) >= 11 is 2.44. The standard InChI is InChI=1S/C25H15IN2O/c1-27-17-11-5-2-8-14(17)21-23(27)20-15-9-3-6-12-18(15)28(26)24(20)22-16-10-4-7-13-19(16)29-25(21)22/h2-13H,1H3. The minimum atomic E-state index is 0.936. The maximum Gasteiger partial charge on any atom is 0.147 e. The highest BCUT2D eigenvalue weighted by atomic mass is 127. The van der Waals surface area contributed by atoms with Gasteiger partial charge >= 0.3 is 0 Å². The van der Waals surface area contributed by atoms with E-state index in [2.05, 4.69) is 104 Å². The molecule has 0 unspecified atom stereocenters. The first kappa shape index (κ1) is 15.9. The number of nitrogens with zero attached hydrogens (tertiary/aromatic N) is 2. The lowest BCUT2D eigenvalue weighted by Crippen LogP contribution is -1.88. The summed E-state index contributed by atoms with van der Waals surface area (Å²) in [6.07, 6.45) is 0. The third-order valence-electron chi connectivity index (χ3n) is 6.22. The van der Waals surface area contributed by atoms with E-state index >= 15 is 0 Å². The van der Waals surface area contributed by atoms with E-state index in [1.807, 2.05) is 6.07 Å². The van der Waals surface area contributed by atoms with E-state index in [0.29, 0.717) is 0 Å². The van der Waals surface area contributed by atoms with Crippen molar-refractivity contribution in [2.24, 2.45) is 7.05 Å². The Balaban J connectivity index is 2.00. The SMILES string of the molecule is Cn1c2ccccc2c2c3oc4ccccc4c3c3c(c4ccccc4n3I)c21. The maximum absolute atomic E-state index is 6.52. The van der Waals surface area contributed by atoms with Crippen molar-refractivity contribution in [1.82, 2.24) is 7.35 Å². The molecule has 3 nitrogen and oxygen atoms in total. The second-order valence-electron chi connectivity index (χ2n) is 7.62. The molecule has 29 heavy (non-hydrogen) atoms. The third kappa shape index (κ3) is 1.79. The molecule has 3 heterocycles. The van der Waals surface area contributed by atoms with E-state index in [1.165, 1.54) is 54.4 Å². The first-order valence-electron chi connectivity index (χ1n) is 9.65. The van der Waals surface area contributed by atoms with E-state index in [4.69, 9.17) is 4.42 Å². The summed E-state index contributed by atoms with van der Waals surface area (Å²) in [7, 11) is 2.16. The quantitative estimate of drug-likeness (QED) is 0.203. The summed E-state index contributed by atoms with van der Waals surface area (Å²) in [5.74, 6) is 0. The maximum atomic E-state index is 6.52. The lowest BCUT2D eigenvalue weighted by molar-refractivity contribution is 0.673. The average molecular weight is 486 g/mol. The molecule has 0 radical (unpaired) electrons. The Bertz CT molecular complexity index is 1750. The van der Waals surface area contributed by atoms with Crippen molar-refractivity contribution in [2.45, 2.75) is 0 Å². The van der Waals surface area contributed by atoms with Crippen LogP contribution in [0.3, 0.4) is 0 Å². The van der Waals surface area contributed by atoms with E-state index in [-0.39, 0.29) is 0 Å². The molecule has 0 spiro atoms. The number of hydrogen-bond acceptors (Lipinski definition) is 1. The molecular weight excluding hydrogens is 471 g/mol. The molecule has 0 saturated heterocycles. The summed E-state index contributed by atoms with van der Waals surface area (Å²) in [5, 5.41) is 7.38. The van der Waals surface area contributed by atoms with Crippen molar-refractivity contribution < 1.29 is 4.42 Å². The summed E-state index contributed by atoms with van der Waals surface area (Å²) in [5.41, 5.74) is 6.83. The third-order valence-corrected chi connectivity index (χ3v) is 7.22. The summed E-state index contributed by atoms with van der Waals surface area (Å²) < 4.78 is 11.1. The van der Waals surface area contributed by atoms with Crippen molar-refractivity contribution in [2.75, 3.05) is 0 Å². The topological polar surface area (TPSA) is 23.0 Å². The Morgan fingerprint density at radius 3 is 2.03 bits per heavy atom. The number of rotatable bonds is 0. The zero-order valence-electron chi connectivity index (χ0n) is 15.6. The lowest BCUT2D eigenvalue weighted by atomic mass is 10.0. The van der Waals surface area contributed by atoms with E-state index in [9.17, 15) is 0 Å². The molecule has 0 N–H and O–H groups in total. The Morgan fingerprint density at radius 1 is 0.655 bits per heavy atom. The van der Waals surface area contributed by atoms with Crippen LogP contribution in [0.15, 0.2) is 77.2 Å². The minimum Gasteiger partial charge on any atom is -0.455 e. The molecule has 3 aromatic heterocycles. The van der Waals surface area contributed by atoms with Gasteiger partial charge in [0.1, 0.15) is 11.2 Å². The van der Waals surface area contributed by atoms with Crippen LogP contribution in [0.5, 0.6) is 0 Å².